The Morgan fingerprint density at radius 1 is 1.25 bits per heavy atom. The first-order valence-electron chi connectivity index (χ1n) is 10.1. The molecular formula is C21H28BrN5O. The van der Waals surface area contributed by atoms with Crippen LogP contribution in [-0.2, 0) is 6.54 Å². The number of piperazine rings is 1. The van der Waals surface area contributed by atoms with Gasteiger partial charge in [0.15, 0.2) is 5.96 Å². The molecule has 0 spiro atoms. The third kappa shape index (κ3) is 4.75. The summed E-state index contributed by atoms with van der Waals surface area (Å²) in [5, 5.41) is 7.83. The van der Waals surface area contributed by atoms with Crippen LogP contribution in [0.3, 0.4) is 0 Å². The second-order valence-electron chi connectivity index (χ2n) is 7.63. The maximum Gasteiger partial charge on any atom is 0.194 e. The molecule has 6 nitrogen and oxygen atoms in total. The molecule has 1 saturated carbocycles. The monoisotopic (exact) mass is 445 g/mol. The largest absolute Gasteiger partial charge is 0.361 e. The number of nitrogens with zero attached hydrogens (tertiary/aromatic N) is 4. The number of guanidine groups is 1. The van der Waals surface area contributed by atoms with Crippen molar-refractivity contribution in [1.82, 2.24) is 20.3 Å². The lowest BCUT2D eigenvalue weighted by molar-refractivity contribution is 0.168. The van der Waals surface area contributed by atoms with E-state index >= 15 is 0 Å². The van der Waals surface area contributed by atoms with Gasteiger partial charge in [-0.15, -0.1) is 0 Å². The number of nitrogens with one attached hydrogen (secondary N) is 1. The average molecular weight is 446 g/mol. The Morgan fingerprint density at radius 2 is 2.00 bits per heavy atom. The average Bonchev–Trinajstić information content (AvgIpc) is 3.34. The number of aromatic nitrogens is 1. The molecule has 2 heterocycles. The van der Waals surface area contributed by atoms with Gasteiger partial charge in [0.05, 0.1) is 5.69 Å². The van der Waals surface area contributed by atoms with E-state index in [4.69, 9.17) is 9.52 Å². The first-order valence-corrected chi connectivity index (χ1v) is 10.9. The summed E-state index contributed by atoms with van der Waals surface area (Å²) in [7, 11) is 0. The highest BCUT2D eigenvalue weighted by molar-refractivity contribution is 9.10. The van der Waals surface area contributed by atoms with E-state index in [9.17, 15) is 0 Å². The van der Waals surface area contributed by atoms with Crippen LogP contribution < -0.4 is 5.32 Å². The SMILES string of the molecule is CCN=C(NC1CC1c1ccc(Br)cc1)N1CCN(Cc2cc(C)on2)CC1. The Labute approximate surface area is 175 Å². The molecule has 1 saturated heterocycles. The molecule has 2 unspecified atom stereocenters. The number of aryl methyl sites for hydroxylation is 1. The van der Waals surface area contributed by atoms with E-state index in [0.29, 0.717) is 12.0 Å². The molecule has 2 aromatic rings. The Balaban J connectivity index is 1.29. The fourth-order valence-electron chi connectivity index (χ4n) is 3.82. The minimum absolute atomic E-state index is 0.489. The van der Waals surface area contributed by atoms with E-state index in [1.165, 1.54) is 12.0 Å². The summed E-state index contributed by atoms with van der Waals surface area (Å²) in [6.45, 7) is 9.69. The maximum atomic E-state index is 5.18. The summed E-state index contributed by atoms with van der Waals surface area (Å²) in [5.41, 5.74) is 2.42. The van der Waals surface area contributed by atoms with Crippen LogP contribution in [0.25, 0.3) is 0 Å². The van der Waals surface area contributed by atoms with Crippen molar-refractivity contribution in [2.45, 2.75) is 38.8 Å². The minimum Gasteiger partial charge on any atom is -0.361 e. The molecule has 0 bridgehead atoms. The van der Waals surface area contributed by atoms with Gasteiger partial charge in [0, 0.05) is 61.8 Å². The molecule has 7 heteroatoms. The summed E-state index contributed by atoms with van der Waals surface area (Å²) in [6.07, 6.45) is 1.18. The minimum atomic E-state index is 0.489. The molecule has 1 aliphatic carbocycles. The van der Waals surface area contributed by atoms with E-state index in [-0.39, 0.29) is 0 Å². The molecule has 1 aromatic heterocycles. The molecular weight excluding hydrogens is 418 g/mol. The van der Waals surface area contributed by atoms with Crippen molar-refractivity contribution in [3.63, 3.8) is 0 Å². The molecule has 1 aliphatic heterocycles. The molecule has 2 fully saturated rings. The Hall–Kier alpha value is -1.86. The molecule has 150 valence electrons. The third-order valence-electron chi connectivity index (χ3n) is 5.45. The molecule has 0 radical (unpaired) electrons. The summed E-state index contributed by atoms with van der Waals surface area (Å²) in [6, 6.07) is 11.2. The first-order chi connectivity index (χ1) is 13.6. The van der Waals surface area contributed by atoms with Gasteiger partial charge in [-0.25, -0.2) is 0 Å². The highest BCUT2D eigenvalue weighted by Crippen LogP contribution is 2.41. The van der Waals surface area contributed by atoms with Gasteiger partial charge in [0.2, 0.25) is 0 Å². The van der Waals surface area contributed by atoms with E-state index in [1.807, 2.05) is 13.0 Å². The van der Waals surface area contributed by atoms with Crippen molar-refractivity contribution >= 4 is 21.9 Å². The summed E-state index contributed by atoms with van der Waals surface area (Å²) < 4.78 is 6.31. The van der Waals surface area contributed by atoms with Crippen LogP contribution in [0, 0.1) is 6.92 Å². The Bertz CT molecular complexity index is 810. The van der Waals surface area contributed by atoms with E-state index in [0.717, 1.165) is 61.2 Å². The van der Waals surface area contributed by atoms with Gasteiger partial charge in [0.25, 0.3) is 0 Å². The summed E-state index contributed by atoms with van der Waals surface area (Å²) in [5.74, 6) is 2.52. The Morgan fingerprint density at radius 3 is 2.64 bits per heavy atom. The van der Waals surface area contributed by atoms with Crippen LogP contribution >= 0.6 is 15.9 Å². The zero-order valence-corrected chi connectivity index (χ0v) is 18.2. The number of benzene rings is 1. The number of rotatable bonds is 5. The van der Waals surface area contributed by atoms with Gasteiger partial charge in [-0.2, -0.15) is 0 Å². The molecule has 2 aliphatic rings. The first kappa shape index (κ1) is 19.5. The molecule has 28 heavy (non-hydrogen) atoms. The lowest BCUT2D eigenvalue weighted by Gasteiger charge is -2.36. The summed E-state index contributed by atoms with van der Waals surface area (Å²) in [4.78, 5) is 9.58. The van der Waals surface area contributed by atoms with Crippen LogP contribution in [0.4, 0.5) is 0 Å². The fraction of sp³-hybridized carbons (Fsp3) is 0.524. The molecule has 1 aromatic carbocycles. The van der Waals surface area contributed by atoms with Crippen molar-refractivity contribution < 1.29 is 4.52 Å². The van der Waals surface area contributed by atoms with Crippen molar-refractivity contribution in [1.29, 1.82) is 0 Å². The van der Waals surface area contributed by atoms with Gasteiger partial charge in [-0.05, 0) is 38.0 Å². The van der Waals surface area contributed by atoms with Crippen LogP contribution in [0.1, 0.15) is 36.3 Å². The van der Waals surface area contributed by atoms with Crippen LogP contribution in [0.5, 0.6) is 0 Å². The predicted octanol–water partition coefficient (Wildman–Crippen LogP) is 3.38. The van der Waals surface area contributed by atoms with E-state index < -0.39 is 0 Å². The van der Waals surface area contributed by atoms with Crippen molar-refractivity contribution in [2.75, 3.05) is 32.7 Å². The number of halogens is 1. The molecule has 1 N–H and O–H groups in total. The van der Waals surface area contributed by atoms with Crippen LogP contribution in [-0.4, -0.2) is 59.7 Å². The van der Waals surface area contributed by atoms with Gasteiger partial charge in [-0.3, -0.25) is 9.89 Å². The van der Waals surface area contributed by atoms with Gasteiger partial charge in [0.1, 0.15) is 5.76 Å². The van der Waals surface area contributed by atoms with Gasteiger partial charge >= 0.3 is 0 Å². The summed E-state index contributed by atoms with van der Waals surface area (Å²) >= 11 is 3.52. The molecule has 4 rings (SSSR count). The molecule has 2 atom stereocenters. The number of hydrogen-bond donors (Lipinski definition) is 1. The number of hydrogen-bond acceptors (Lipinski definition) is 4. The lowest BCUT2D eigenvalue weighted by Crippen LogP contribution is -2.52. The second-order valence-corrected chi connectivity index (χ2v) is 8.55. The Kier molecular flexibility index (Phi) is 6.01. The third-order valence-corrected chi connectivity index (χ3v) is 5.97. The maximum absolute atomic E-state index is 5.18. The van der Waals surface area contributed by atoms with E-state index in [2.05, 4.69) is 67.4 Å². The van der Waals surface area contributed by atoms with Crippen molar-refractivity contribution in [3.05, 3.63) is 51.8 Å². The zero-order valence-electron chi connectivity index (χ0n) is 16.6. The van der Waals surface area contributed by atoms with Crippen molar-refractivity contribution in [3.8, 4) is 0 Å². The van der Waals surface area contributed by atoms with Crippen LogP contribution in [0.15, 0.2) is 44.3 Å². The lowest BCUT2D eigenvalue weighted by atomic mass is 10.1. The normalized spacial score (nSPS) is 23.1. The molecule has 0 amide bonds. The predicted molar refractivity (Wildman–Crippen MR) is 114 cm³/mol. The quantitative estimate of drug-likeness (QED) is 0.564. The van der Waals surface area contributed by atoms with E-state index in [1.54, 1.807) is 0 Å². The standard InChI is InChI=1S/C21H28BrN5O/c1-3-23-21(24-20-13-19(20)16-4-6-17(22)7-5-16)27-10-8-26(9-11-27)14-18-12-15(2)28-25-18/h4-7,12,19-20H,3,8-11,13-14H2,1-2H3,(H,23,24). The second kappa shape index (κ2) is 8.66. The number of aliphatic imine (C=N–C) groups is 1. The highest BCUT2D eigenvalue weighted by atomic mass is 79.9. The van der Waals surface area contributed by atoms with Crippen molar-refractivity contribution in [2.24, 2.45) is 4.99 Å². The fourth-order valence-corrected chi connectivity index (χ4v) is 4.09. The topological polar surface area (TPSA) is 56.9 Å². The van der Waals surface area contributed by atoms with Gasteiger partial charge in [-0.1, -0.05) is 33.2 Å². The zero-order chi connectivity index (χ0) is 19.5. The smallest absolute Gasteiger partial charge is 0.194 e. The van der Waals surface area contributed by atoms with Crippen LogP contribution in [0.2, 0.25) is 0 Å². The van der Waals surface area contributed by atoms with Gasteiger partial charge < -0.3 is 14.7 Å². The highest BCUT2D eigenvalue weighted by Gasteiger charge is 2.39.